The van der Waals surface area contributed by atoms with Gasteiger partial charge in [0.2, 0.25) is 0 Å². The van der Waals surface area contributed by atoms with E-state index in [-0.39, 0.29) is 68.3 Å². The van der Waals surface area contributed by atoms with E-state index in [4.69, 9.17) is 34.6 Å². The third-order valence-electron chi connectivity index (χ3n) is 8.73. The summed E-state index contributed by atoms with van der Waals surface area (Å²) in [6.45, 7) is 0.290. The summed E-state index contributed by atoms with van der Waals surface area (Å²) in [5, 5.41) is 31.2. The number of carboxylic acids is 3. The molecular formula is C36H18N8O8. The standard InChI is InChI=1S/C36H18N8O8/c45-13-52-17-4-8-21-25(12-17)33-43-28-20-7-3-16(36(50)51)11-24(20)31(41-28)39-26-18-5-1-14(34(46)47)9-22(18)30(37-26)38-27-19-6-2-15(35(48)49)10-23(19)32(40-27)42-29(21)44-33/h1-13H,(H,46,47)(H,48,49)(H,50,51)(H2,37,38,39,40,41,42,43,44). The molecule has 16 nitrogen and oxygen atoms in total. The van der Waals surface area contributed by atoms with Gasteiger partial charge in [-0.15, -0.1) is 0 Å². The number of hydrogen-bond acceptors (Lipinski definition) is 11. The van der Waals surface area contributed by atoms with E-state index >= 15 is 0 Å². The fourth-order valence-corrected chi connectivity index (χ4v) is 6.30. The van der Waals surface area contributed by atoms with Gasteiger partial charge in [-0.05, 0) is 72.8 Å². The number of H-pyrrole nitrogens is 2. The molecule has 2 aliphatic rings. The summed E-state index contributed by atoms with van der Waals surface area (Å²) in [6.07, 6.45) is 0. The van der Waals surface area contributed by atoms with Crippen LogP contribution < -0.4 is 4.74 Å². The number of carbonyl (C=O) groups excluding carboxylic acids is 1. The van der Waals surface area contributed by atoms with Gasteiger partial charge in [-0.2, -0.15) is 0 Å². The van der Waals surface area contributed by atoms with Gasteiger partial charge in [0.05, 0.1) is 16.7 Å². The topological polar surface area (TPSA) is 247 Å². The number of nitrogens with one attached hydrogen (secondary N) is 2. The number of benzene rings is 4. The van der Waals surface area contributed by atoms with Crippen LogP contribution in [0.1, 0.15) is 31.1 Å². The molecule has 0 saturated heterocycles. The average Bonchev–Trinajstić information content (AvgIpc) is 3.86. The van der Waals surface area contributed by atoms with E-state index in [2.05, 4.69) is 9.97 Å². The Morgan fingerprint density at radius 1 is 0.481 bits per heavy atom. The fourth-order valence-electron chi connectivity index (χ4n) is 6.30. The van der Waals surface area contributed by atoms with E-state index in [0.717, 1.165) is 0 Å². The molecule has 9 rings (SSSR count). The first-order valence-corrected chi connectivity index (χ1v) is 15.3. The van der Waals surface area contributed by atoms with Crippen molar-refractivity contribution in [3.63, 3.8) is 0 Å². The zero-order chi connectivity index (χ0) is 35.8. The Morgan fingerprint density at radius 2 is 0.885 bits per heavy atom. The van der Waals surface area contributed by atoms with Crippen LogP contribution in [0.4, 0.5) is 0 Å². The number of aromatic amines is 2. The number of carbonyl (C=O) groups is 4. The van der Waals surface area contributed by atoms with Gasteiger partial charge in [0.15, 0.2) is 23.3 Å². The van der Waals surface area contributed by atoms with Gasteiger partial charge in [-0.25, -0.2) is 44.3 Å². The van der Waals surface area contributed by atoms with Crippen molar-refractivity contribution >= 4 is 68.5 Å². The summed E-state index contributed by atoms with van der Waals surface area (Å²) >= 11 is 0. The number of rotatable bonds is 5. The molecule has 5 N–H and O–H groups in total. The second-order valence-electron chi connectivity index (χ2n) is 11.7. The molecular weight excluding hydrogens is 672 g/mol. The molecule has 16 heteroatoms. The van der Waals surface area contributed by atoms with Crippen LogP contribution in [0.2, 0.25) is 0 Å². The number of hydrogen-bond donors (Lipinski definition) is 5. The molecule has 7 aromatic rings. The summed E-state index contributed by atoms with van der Waals surface area (Å²) in [6, 6.07) is 18.1. The second kappa shape index (κ2) is 11.1. The predicted molar refractivity (Wildman–Crippen MR) is 184 cm³/mol. The van der Waals surface area contributed by atoms with Gasteiger partial charge in [0, 0.05) is 43.8 Å². The van der Waals surface area contributed by atoms with E-state index < -0.39 is 17.9 Å². The van der Waals surface area contributed by atoms with Crippen LogP contribution in [0.5, 0.6) is 5.75 Å². The Kier molecular flexibility index (Phi) is 6.43. The maximum absolute atomic E-state index is 12.0. The Hall–Kier alpha value is -7.88. The molecule has 0 fully saturated rings. The molecule has 0 amide bonds. The van der Waals surface area contributed by atoms with Crippen molar-refractivity contribution in [2.45, 2.75) is 0 Å². The molecule has 3 aromatic heterocycles. The summed E-state index contributed by atoms with van der Waals surface area (Å²) < 4.78 is 5.10. The number of nitrogens with zero attached hydrogens (tertiary/aromatic N) is 6. The summed E-state index contributed by atoms with van der Waals surface area (Å²) in [5.41, 5.74) is 2.68. The van der Waals surface area contributed by atoms with Crippen LogP contribution in [-0.2, 0) is 4.79 Å². The highest BCUT2D eigenvalue weighted by molar-refractivity contribution is 6.09. The number of aromatic nitrogens is 8. The summed E-state index contributed by atoms with van der Waals surface area (Å²) in [5.74, 6) is -2.65. The monoisotopic (exact) mass is 690 g/mol. The van der Waals surface area contributed by atoms with Crippen molar-refractivity contribution in [1.82, 2.24) is 39.9 Å². The molecule has 0 saturated carbocycles. The van der Waals surface area contributed by atoms with Crippen LogP contribution in [0.25, 0.3) is 89.7 Å². The Bertz CT molecular complexity index is 2950. The normalized spacial score (nSPS) is 11.6. The van der Waals surface area contributed by atoms with Crippen LogP contribution in [0.15, 0.2) is 72.8 Å². The van der Waals surface area contributed by atoms with Crippen molar-refractivity contribution < 1.29 is 39.2 Å². The lowest BCUT2D eigenvalue weighted by atomic mass is 10.0. The van der Waals surface area contributed by atoms with Gasteiger partial charge < -0.3 is 30.0 Å². The molecule has 2 aliphatic heterocycles. The maximum Gasteiger partial charge on any atom is 0.335 e. The number of carboxylic acid groups (broad SMARTS) is 3. The zero-order valence-electron chi connectivity index (χ0n) is 26.1. The lowest BCUT2D eigenvalue weighted by molar-refractivity contribution is -0.120. The SMILES string of the molecule is O=COc1ccc2c(c1)-c1nc-2nc2[nH]c(nc3nc(nc4[nH]c(n1)c1ccc(C(=O)O)cc41)-c1ccc(C(=O)O)cc1-3)c1ccc(C(=O)O)cc21. The number of aromatic carboxylic acids is 3. The van der Waals surface area contributed by atoms with Crippen LogP contribution >= 0.6 is 0 Å². The first-order chi connectivity index (χ1) is 25.1. The van der Waals surface area contributed by atoms with Crippen molar-refractivity contribution in [3.8, 4) is 51.3 Å². The molecule has 0 atom stereocenters. The van der Waals surface area contributed by atoms with E-state index in [9.17, 15) is 34.5 Å². The van der Waals surface area contributed by atoms with Crippen molar-refractivity contribution in [2.75, 3.05) is 0 Å². The van der Waals surface area contributed by atoms with Gasteiger partial charge >= 0.3 is 17.9 Å². The Balaban J connectivity index is 1.47. The maximum atomic E-state index is 12.0. The molecule has 0 spiro atoms. The highest BCUT2D eigenvalue weighted by Crippen LogP contribution is 2.39. The first-order valence-electron chi connectivity index (χ1n) is 15.3. The van der Waals surface area contributed by atoms with Gasteiger partial charge in [0.25, 0.3) is 6.47 Å². The van der Waals surface area contributed by atoms with Crippen molar-refractivity contribution in [1.29, 1.82) is 0 Å². The molecule has 0 radical (unpaired) electrons. The third kappa shape index (κ3) is 4.70. The lowest BCUT2D eigenvalue weighted by Crippen LogP contribution is -1.96. The highest BCUT2D eigenvalue weighted by atomic mass is 16.5. The van der Waals surface area contributed by atoms with Gasteiger partial charge in [-0.1, -0.05) is 0 Å². The minimum absolute atomic E-state index is 0.00336. The molecule has 4 aromatic carbocycles. The van der Waals surface area contributed by atoms with Crippen LogP contribution in [0, 0.1) is 0 Å². The number of ether oxygens (including phenoxy) is 1. The van der Waals surface area contributed by atoms with E-state index in [1.165, 1.54) is 36.4 Å². The predicted octanol–water partition coefficient (Wildman–Crippen LogP) is 5.50. The fraction of sp³-hybridized carbons (Fsp3) is 0. The van der Waals surface area contributed by atoms with Crippen LogP contribution in [-0.4, -0.2) is 79.6 Å². The zero-order valence-corrected chi connectivity index (χ0v) is 26.1. The van der Waals surface area contributed by atoms with Gasteiger partial charge in [0.1, 0.15) is 28.3 Å². The summed E-state index contributed by atoms with van der Waals surface area (Å²) in [4.78, 5) is 82.1. The van der Waals surface area contributed by atoms with Crippen LogP contribution in [0.3, 0.4) is 0 Å². The van der Waals surface area contributed by atoms with E-state index in [1.807, 2.05) is 0 Å². The highest BCUT2D eigenvalue weighted by Gasteiger charge is 2.24. The minimum atomic E-state index is -1.17. The largest absolute Gasteiger partial charge is 0.478 e. The summed E-state index contributed by atoms with van der Waals surface area (Å²) in [7, 11) is 0. The number of fused-ring (bicyclic) bond motifs is 20. The molecule has 0 aliphatic carbocycles. The van der Waals surface area contributed by atoms with E-state index in [0.29, 0.717) is 50.3 Å². The van der Waals surface area contributed by atoms with Crippen molar-refractivity contribution in [3.05, 3.63) is 89.5 Å². The molecule has 0 unspecified atom stereocenters. The second-order valence-corrected chi connectivity index (χ2v) is 11.7. The minimum Gasteiger partial charge on any atom is -0.478 e. The molecule has 8 bridgehead atoms. The van der Waals surface area contributed by atoms with Gasteiger partial charge in [-0.3, -0.25) is 4.79 Å². The molecule has 52 heavy (non-hydrogen) atoms. The average molecular weight is 691 g/mol. The quantitative estimate of drug-likeness (QED) is 0.140. The molecule has 250 valence electrons. The lowest BCUT2D eigenvalue weighted by Gasteiger charge is -2.02. The first kappa shape index (κ1) is 30.2. The smallest absolute Gasteiger partial charge is 0.335 e. The van der Waals surface area contributed by atoms with E-state index in [1.54, 1.807) is 36.4 Å². The Labute approximate surface area is 288 Å². The third-order valence-corrected chi connectivity index (χ3v) is 8.73. The molecule has 5 heterocycles. The Morgan fingerprint density at radius 3 is 1.37 bits per heavy atom. The van der Waals surface area contributed by atoms with Crippen molar-refractivity contribution in [2.24, 2.45) is 0 Å².